The van der Waals surface area contributed by atoms with Gasteiger partial charge >= 0.3 is 0 Å². The third-order valence-corrected chi connectivity index (χ3v) is 5.53. The van der Waals surface area contributed by atoms with E-state index in [0.717, 1.165) is 26.1 Å². The maximum atomic E-state index is 12.5. The molecule has 0 bridgehead atoms. The second-order valence-corrected chi connectivity index (χ2v) is 7.20. The summed E-state index contributed by atoms with van der Waals surface area (Å²) in [6.45, 7) is 5.49. The van der Waals surface area contributed by atoms with E-state index in [0.29, 0.717) is 34.2 Å². The van der Waals surface area contributed by atoms with Crippen molar-refractivity contribution in [3.8, 4) is 0 Å². The van der Waals surface area contributed by atoms with E-state index in [1.807, 2.05) is 0 Å². The molecule has 0 aromatic heterocycles. The molecule has 4 N–H and O–H groups in total. The molecular formula is C14H23N3O3S. The second-order valence-electron chi connectivity index (χ2n) is 5.50. The Hall–Kier alpha value is -1.15. The Labute approximate surface area is 126 Å². The molecule has 0 amide bonds. The van der Waals surface area contributed by atoms with Crippen molar-refractivity contribution in [3.05, 3.63) is 23.3 Å². The highest BCUT2D eigenvalue weighted by Gasteiger charge is 2.21. The number of nitrogens with one attached hydrogen (secondary N) is 2. The van der Waals surface area contributed by atoms with Crippen molar-refractivity contribution in [2.45, 2.75) is 31.6 Å². The van der Waals surface area contributed by atoms with Crippen LogP contribution in [0.3, 0.4) is 0 Å². The number of nitrogen functional groups attached to an aromatic ring is 1. The summed E-state index contributed by atoms with van der Waals surface area (Å²) in [6, 6.07) is 3.46. The molecular weight excluding hydrogens is 290 g/mol. The number of hydrogen-bond acceptors (Lipinski definition) is 5. The molecule has 0 spiro atoms. The molecule has 1 aromatic carbocycles. The molecule has 21 heavy (non-hydrogen) atoms. The van der Waals surface area contributed by atoms with E-state index in [-0.39, 0.29) is 0 Å². The number of ether oxygens (including phenoxy) is 1. The number of hydrazine groups is 1. The van der Waals surface area contributed by atoms with E-state index in [1.54, 1.807) is 26.0 Å². The summed E-state index contributed by atoms with van der Waals surface area (Å²) in [7, 11) is -3.50. The zero-order valence-electron chi connectivity index (χ0n) is 12.5. The van der Waals surface area contributed by atoms with E-state index in [9.17, 15) is 8.42 Å². The van der Waals surface area contributed by atoms with Crippen molar-refractivity contribution in [3.63, 3.8) is 0 Å². The van der Waals surface area contributed by atoms with Crippen LogP contribution in [0.15, 0.2) is 17.0 Å². The lowest BCUT2D eigenvalue weighted by atomic mass is 10.1. The molecule has 118 valence electrons. The van der Waals surface area contributed by atoms with E-state index in [4.69, 9.17) is 10.6 Å². The zero-order chi connectivity index (χ0) is 15.5. The van der Waals surface area contributed by atoms with Gasteiger partial charge in [-0.3, -0.25) is 5.84 Å². The first-order valence-electron chi connectivity index (χ1n) is 7.09. The minimum Gasteiger partial charge on any atom is -0.381 e. The molecule has 0 radical (unpaired) electrons. The van der Waals surface area contributed by atoms with Crippen LogP contribution in [0.2, 0.25) is 0 Å². The second kappa shape index (κ2) is 6.74. The molecule has 1 unspecified atom stereocenters. The Morgan fingerprint density at radius 2 is 2.00 bits per heavy atom. The Kier molecular flexibility index (Phi) is 5.21. The van der Waals surface area contributed by atoms with Crippen LogP contribution in [0.5, 0.6) is 0 Å². The predicted molar refractivity (Wildman–Crippen MR) is 82.5 cm³/mol. The molecule has 1 heterocycles. The van der Waals surface area contributed by atoms with E-state index >= 15 is 0 Å². The zero-order valence-corrected chi connectivity index (χ0v) is 13.3. The molecule has 1 aromatic rings. The first-order valence-corrected chi connectivity index (χ1v) is 8.57. The number of nitrogens with two attached hydrogens (primary N) is 1. The Bertz CT molecular complexity index is 572. The van der Waals surface area contributed by atoms with Gasteiger partial charge in [-0.2, -0.15) is 0 Å². The van der Waals surface area contributed by atoms with Crippen LogP contribution in [0, 0.1) is 19.8 Å². The minimum absolute atomic E-state index is 0.337. The largest absolute Gasteiger partial charge is 0.381 e. The number of sulfonamides is 1. The predicted octanol–water partition coefficient (Wildman–Crippen LogP) is 1.29. The Morgan fingerprint density at radius 3 is 2.52 bits per heavy atom. The van der Waals surface area contributed by atoms with Gasteiger partial charge < -0.3 is 10.2 Å². The summed E-state index contributed by atoms with van der Waals surface area (Å²) in [5, 5.41) is 0. The summed E-state index contributed by atoms with van der Waals surface area (Å²) >= 11 is 0. The lowest BCUT2D eigenvalue weighted by Crippen LogP contribution is -2.27. The molecule has 1 aliphatic rings. The molecule has 6 nitrogen and oxygen atoms in total. The summed E-state index contributed by atoms with van der Waals surface area (Å²) in [4.78, 5) is 0.337. The average molecular weight is 313 g/mol. The van der Waals surface area contributed by atoms with Crippen LogP contribution in [0.1, 0.15) is 24.0 Å². The van der Waals surface area contributed by atoms with Crippen LogP contribution < -0.4 is 16.0 Å². The van der Waals surface area contributed by atoms with Crippen molar-refractivity contribution in [1.82, 2.24) is 4.72 Å². The number of aryl methyl sites for hydroxylation is 2. The fraction of sp³-hybridized carbons (Fsp3) is 0.571. The van der Waals surface area contributed by atoms with Gasteiger partial charge in [0, 0.05) is 25.4 Å². The number of anilines is 1. The van der Waals surface area contributed by atoms with Crippen molar-refractivity contribution in [2.24, 2.45) is 11.8 Å². The molecule has 2 rings (SSSR count). The highest BCUT2D eigenvalue weighted by molar-refractivity contribution is 7.89. The highest BCUT2D eigenvalue weighted by atomic mass is 32.2. The standard InChI is InChI=1S/C14H23N3O3S/c1-10-7-13(17-15)8-11(2)14(10)21(18,19)16-5-3-12-4-6-20-9-12/h7-8,12,16-17H,3-6,9,15H2,1-2H3. The topological polar surface area (TPSA) is 93.5 Å². The molecule has 1 aliphatic heterocycles. The van der Waals surface area contributed by atoms with Gasteiger partial charge in [0.05, 0.1) is 4.90 Å². The third kappa shape index (κ3) is 3.94. The fourth-order valence-electron chi connectivity index (χ4n) is 2.74. The Balaban J connectivity index is 2.08. The van der Waals surface area contributed by atoms with Crippen LogP contribution in [0.4, 0.5) is 5.69 Å². The molecule has 1 fully saturated rings. The number of rotatable bonds is 6. The first kappa shape index (κ1) is 16.2. The van der Waals surface area contributed by atoms with Crippen molar-refractivity contribution in [1.29, 1.82) is 0 Å². The summed E-state index contributed by atoms with van der Waals surface area (Å²) in [5.41, 5.74) is 4.60. The SMILES string of the molecule is Cc1cc(NN)cc(C)c1S(=O)(=O)NCCC1CCOC1. The average Bonchev–Trinajstić information content (AvgIpc) is 2.90. The van der Waals surface area contributed by atoms with Gasteiger partial charge in [-0.05, 0) is 55.9 Å². The molecule has 0 aliphatic carbocycles. The van der Waals surface area contributed by atoms with Gasteiger partial charge in [0.1, 0.15) is 0 Å². The lowest BCUT2D eigenvalue weighted by molar-refractivity contribution is 0.184. The van der Waals surface area contributed by atoms with Crippen molar-refractivity contribution < 1.29 is 13.2 Å². The van der Waals surface area contributed by atoms with E-state index in [2.05, 4.69) is 10.1 Å². The molecule has 0 saturated carbocycles. The molecule has 7 heteroatoms. The number of benzene rings is 1. The van der Waals surface area contributed by atoms with Crippen LogP contribution in [0.25, 0.3) is 0 Å². The van der Waals surface area contributed by atoms with Gasteiger partial charge in [0.15, 0.2) is 0 Å². The normalized spacial score (nSPS) is 18.9. The quantitative estimate of drug-likeness (QED) is 0.543. The van der Waals surface area contributed by atoms with Gasteiger partial charge in [-0.15, -0.1) is 0 Å². The van der Waals surface area contributed by atoms with Crippen molar-refractivity contribution >= 4 is 15.7 Å². The lowest BCUT2D eigenvalue weighted by Gasteiger charge is -2.14. The maximum absolute atomic E-state index is 12.5. The first-order chi connectivity index (χ1) is 9.94. The van der Waals surface area contributed by atoms with Gasteiger partial charge in [-0.1, -0.05) is 0 Å². The van der Waals surface area contributed by atoms with Crippen molar-refractivity contribution in [2.75, 3.05) is 25.2 Å². The fourth-order valence-corrected chi connectivity index (χ4v) is 4.23. The van der Waals surface area contributed by atoms with Gasteiger partial charge in [0.25, 0.3) is 0 Å². The maximum Gasteiger partial charge on any atom is 0.241 e. The number of hydrogen-bond donors (Lipinski definition) is 3. The summed E-state index contributed by atoms with van der Waals surface area (Å²) in [6.07, 6.45) is 1.82. The third-order valence-electron chi connectivity index (χ3n) is 3.76. The summed E-state index contributed by atoms with van der Waals surface area (Å²) < 4.78 is 32.9. The molecule has 1 saturated heterocycles. The van der Waals surface area contributed by atoms with Crippen LogP contribution >= 0.6 is 0 Å². The van der Waals surface area contributed by atoms with Gasteiger partial charge in [-0.25, -0.2) is 13.1 Å². The van der Waals surface area contributed by atoms with Gasteiger partial charge in [0.2, 0.25) is 10.0 Å². The summed E-state index contributed by atoms with van der Waals surface area (Å²) in [5.74, 6) is 5.83. The highest BCUT2D eigenvalue weighted by Crippen LogP contribution is 2.24. The smallest absolute Gasteiger partial charge is 0.241 e. The van der Waals surface area contributed by atoms with E-state index in [1.165, 1.54) is 0 Å². The van der Waals surface area contributed by atoms with Crippen LogP contribution in [-0.4, -0.2) is 28.2 Å². The van der Waals surface area contributed by atoms with Crippen LogP contribution in [-0.2, 0) is 14.8 Å². The monoisotopic (exact) mass is 313 g/mol. The van der Waals surface area contributed by atoms with E-state index < -0.39 is 10.0 Å². The molecule has 1 atom stereocenters. The minimum atomic E-state index is -3.50. The Morgan fingerprint density at radius 1 is 1.33 bits per heavy atom.